The molecule has 4 amide bonds. The highest BCUT2D eigenvalue weighted by atomic mass is 35.5. The number of anilines is 1. The highest BCUT2D eigenvalue weighted by Gasteiger charge is 2.46. The third kappa shape index (κ3) is 5.00. The average molecular weight is 459 g/mol. The van der Waals surface area contributed by atoms with Gasteiger partial charge in [0.15, 0.2) is 18.1 Å². The van der Waals surface area contributed by atoms with Crippen LogP contribution in [-0.4, -0.2) is 48.3 Å². The van der Waals surface area contributed by atoms with Crippen LogP contribution in [0.25, 0.3) is 0 Å². The van der Waals surface area contributed by atoms with Crippen molar-refractivity contribution in [2.24, 2.45) is 5.10 Å². The van der Waals surface area contributed by atoms with Crippen molar-refractivity contribution in [3.05, 3.63) is 53.1 Å². The van der Waals surface area contributed by atoms with Gasteiger partial charge in [0.2, 0.25) is 0 Å². The first-order valence-electron chi connectivity index (χ1n) is 9.83. The van der Waals surface area contributed by atoms with Crippen LogP contribution in [0.2, 0.25) is 5.02 Å². The van der Waals surface area contributed by atoms with E-state index in [9.17, 15) is 14.4 Å². The molecule has 1 aliphatic rings. The molecule has 1 heterocycles. The van der Waals surface area contributed by atoms with Gasteiger partial charge in [-0.2, -0.15) is 5.10 Å². The molecular formula is C22H23ClN4O5. The van der Waals surface area contributed by atoms with Gasteiger partial charge in [-0.3, -0.25) is 9.59 Å². The van der Waals surface area contributed by atoms with E-state index in [4.69, 9.17) is 21.1 Å². The van der Waals surface area contributed by atoms with Crippen molar-refractivity contribution >= 4 is 41.3 Å². The third-order valence-electron chi connectivity index (χ3n) is 4.96. The molecule has 0 radical (unpaired) electrons. The van der Waals surface area contributed by atoms with E-state index in [1.807, 2.05) is 6.92 Å². The van der Waals surface area contributed by atoms with Crippen LogP contribution < -0.4 is 20.1 Å². The van der Waals surface area contributed by atoms with Crippen molar-refractivity contribution in [3.63, 3.8) is 0 Å². The fourth-order valence-electron chi connectivity index (χ4n) is 2.91. The summed E-state index contributed by atoms with van der Waals surface area (Å²) in [5.74, 6) is -0.108. The zero-order valence-electron chi connectivity index (χ0n) is 17.8. The number of hydrogen-bond donors (Lipinski definition) is 2. The second-order valence-corrected chi connectivity index (χ2v) is 7.61. The number of halogens is 1. The number of urea groups is 1. The highest BCUT2D eigenvalue weighted by Crippen LogP contribution is 2.28. The molecule has 2 aromatic carbocycles. The Labute approximate surface area is 190 Å². The summed E-state index contributed by atoms with van der Waals surface area (Å²) in [4.78, 5) is 36.6. The van der Waals surface area contributed by atoms with Gasteiger partial charge in [-0.1, -0.05) is 30.7 Å². The number of benzene rings is 2. The number of carbonyl (C=O) groups excluding carboxylic acids is 3. The van der Waals surface area contributed by atoms with Crippen molar-refractivity contribution in [1.82, 2.24) is 10.3 Å². The molecule has 9 nitrogen and oxygen atoms in total. The summed E-state index contributed by atoms with van der Waals surface area (Å²) in [6.45, 7) is 3.20. The lowest BCUT2D eigenvalue weighted by Crippen LogP contribution is -2.42. The molecule has 1 unspecified atom stereocenters. The van der Waals surface area contributed by atoms with Crippen molar-refractivity contribution in [2.75, 3.05) is 19.0 Å². The Bertz CT molecular complexity index is 1070. The SMILES string of the molecule is CCC1(C)NC(=O)N(/N=C/c2ccc(OCC(=O)Nc3ccccc3Cl)c(OC)c2)C1=O. The second-order valence-electron chi connectivity index (χ2n) is 7.20. The minimum atomic E-state index is -0.964. The van der Waals surface area contributed by atoms with E-state index in [-0.39, 0.29) is 12.5 Å². The van der Waals surface area contributed by atoms with Crippen LogP contribution in [0.4, 0.5) is 10.5 Å². The number of amides is 4. The first kappa shape index (κ1) is 23.1. The fraction of sp³-hybridized carbons (Fsp3) is 0.273. The molecule has 1 saturated heterocycles. The highest BCUT2D eigenvalue weighted by molar-refractivity contribution is 6.33. The normalized spacial score (nSPS) is 18.1. The van der Waals surface area contributed by atoms with Gasteiger partial charge >= 0.3 is 6.03 Å². The summed E-state index contributed by atoms with van der Waals surface area (Å²) in [5.41, 5.74) is 0.0929. The van der Waals surface area contributed by atoms with E-state index in [0.717, 1.165) is 5.01 Å². The maximum absolute atomic E-state index is 12.4. The number of carbonyl (C=O) groups is 3. The van der Waals surface area contributed by atoms with Crippen molar-refractivity contribution in [3.8, 4) is 11.5 Å². The Balaban J connectivity index is 1.65. The van der Waals surface area contributed by atoms with Gasteiger partial charge in [0.25, 0.3) is 11.8 Å². The number of hydrogen-bond acceptors (Lipinski definition) is 6. The number of ether oxygens (including phenoxy) is 2. The summed E-state index contributed by atoms with van der Waals surface area (Å²) >= 11 is 6.03. The van der Waals surface area contributed by atoms with Crippen LogP contribution in [0.15, 0.2) is 47.6 Å². The van der Waals surface area contributed by atoms with E-state index in [0.29, 0.717) is 34.2 Å². The molecule has 1 atom stereocenters. The smallest absolute Gasteiger partial charge is 0.346 e. The summed E-state index contributed by atoms with van der Waals surface area (Å²) in [6.07, 6.45) is 1.82. The minimum Gasteiger partial charge on any atom is -0.493 e. The molecule has 0 aliphatic carbocycles. The fourth-order valence-corrected chi connectivity index (χ4v) is 3.10. The average Bonchev–Trinajstić information content (AvgIpc) is 3.00. The van der Waals surface area contributed by atoms with E-state index < -0.39 is 17.5 Å². The van der Waals surface area contributed by atoms with Crippen molar-refractivity contribution < 1.29 is 23.9 Å². The van der Waals surface area contributed by atoms with Gasteiger partial charge in [0.1, 0.15) is 5.54 Å². The lowest BCUT2D eigenvalue weighted by Gasteiger charge is -2.17. The Morgan fingerprint density at radius 3 is 2.66 bits per heavy atom. The molecule has 1 fully saturated rings. The van der Waals surface area contributed by atoms with Gasteiger partial charge in [0, 0.05) is 0 Å². The van der Waals surface area contributed by atoms with E-state index in [2.05, 4.69) is 15.7 Å². The van der Waals surface area contributed by atoms with Crippen LogP contribution in [0, 0.1) is 0 Å². The molecular weight excluding hydrogens is 436 g/mol. The molecule has 2 aromatic rings. The van der Waals surface area contributed by atoms with Crippen LogP contribution in [0.5, 0.6) is 11.5 Å². The number of para-hydroxylation sites is 1. The van der Waals surface area contributed by atoms with Crippen LogP contribution in [0.1, 0.15) is 25.8 Å². The molecule has 1 aliphatic heterocycles. The summed E-state index contributed by atoms with van der Waals surface area (Å²) in [5, 5.41) is 10.5. The Morgan fingerprint density at radius 2 is 2.00 bits per heavy atom. The summed E-state index contributed by atoms with van der Waals surface area (Å²) in [6, 6.07) is 11.2. The first-order chi connectivity index (χ1) is 15.3. The van der Waals surface area contributed by atoms with E-state index in [1.54, 1.807) is 49.4 Å². The zero-order valence-corrected chi connectivity index (χ0v) is 18.6. The number of nitrogens with one attached hydrogen (secondary N) is 2. The number of imide groups is 1. The van der Waals surface area contributed by atoms with E-state index >= 15 is 0 Å². The van der Waals surface area contributed by atoms with Crippen LogP contribution in [-0.2, 0) is 9.59 Å². The van der Waals surface area contributed by atoms with Crippen LogP contribution >= 0.6 is 11.6 Å². The first-order valence-corrected chi connectivity index (χ1v) is 10.2. The van der Waals surface area contributed by atoms with E-state index in [1.165, 1.54) is 13.3 Å². The molecule has 3 rings (SSSR count). The predicted octanol–water partition coefficient (Wildman–Crippen LogP) is 3.42. The predicted molar refractivity (Wildman–Crippen MR) is 120 cm³/mol. The van der Waals surface area contributed by atoms with Crippen LogP contribution in [0.3, 0.4) is 0 Å². The van der Waals surface area contributed by atoms with Gasteiger partial charge in [-0.15, -0.1) is 5.01 Å². The maximum atomic E-state index is 12.4. The Morgan fingerprint density at radius 1 is 1.25 bits per heavy atom. The quantitative estimate of drug-likeness (QED) is 0.465. The number of rotatable bonds is 8. The largest absolute Gasteiger partial charge is 0.493 e. The molecule has 0 saturated carbocycles. The molecule has 2 N–H and O–H groups in total. The second kappa shape index (κ2) is 9.69. The molecule has 10 heteroatoms. The number of hydrazone groups is 1. The molecule has 0 aromatic heterocycles. The lowest BCUT2D eigenvalue weighted by atomic mass is 10.00. The monoisotopic (exact) mass is 458 g/mol. The van der Waals surface area contributed by atoms with Gasteiger partial charge in [0.05, 0.1) is 24.0 Å². The lowest BCUT2D eigenvalue weighted by molar-refractivity contribution is -0.130. The van der Waals surface area contributed by atoms with Crippen molar-refractivity contribution in [1.29, 1.82) is 0 Å². The van der Waals surface area contributed by atoms with Crippen molar-refractivity contribution in [2.45, 2.75) is 25.8 Å². The zero-order chi connectivity index (χ0) is 23.3. The number of nitrogens with zero attached hydrogens (tertiary/aromatic N) is 2. The third-order valence-corrected chi connectivity index (χ3v) is 5.29. The topological polar surface area (TPSA) is 109 Å². The molecule has 0 spiro atoms. The molecule has 168 valence electrons. The molecule has 0 bridgehead atoms. The Hall–Kier alpha value is -3.59. The van der Waals surface area contributed by atoms with Gasteiger partial charge in [-0.25, -0.2) is 4.79 Å². The standard InChI is InChI=1S/C22H23ClN4O5/c1-4-22(2)20(29)27(21(30)26-22)24-12-14-9-10-17(18(11-14)31-3)32-13-19(28)25-16-8-6-5-7-15(16)23/h5-12H,4,13H2,1-3H3,(H,25,28)(H,26,30)/b24-12+. The minimum absolute atomic E-state index is 0.257. The Kier molecular flexibility index (Phi) is 6.99. The van der Waals surface area contributed by atoms with Gasteiger partial charge < -0.3 is 20.1 Å². The van der Waals surface area contributed by atoms with Gasteiger partial charge in [-0.05, 0) is 49.2 Å². The maximum Gasteiger partial charge on any atom is 0.346 e. The summed E-state index contributed by atoms with van der Waals surface area (Å²) in [7, 11) is 1.46. The number of methoxy groups -OCH3 is 1. The summed E-state index contributed by atoms with van der Waals surface area (Å²) < 4.78 is 10.9. The molecule has 32 heavy (non-hydrogen) atoms.